The third-order valence-electron chi connectivity index (χ3n) is 2.42. The monoisotopic (exact) mass is 232 g/mol. The minimum absolute atomic E-state index is 0.845. The zero-order chi connectivity index (χ0) is 11.4. The van der Waals surface area contributed by atoms with Crippen molar-refractivity contribution in [2.24, 2.45) is 0 Å². The summed E-state index contributed by atoms with van der Waals surface area (Å²) in [5, 5.41) is 6.64. The molecule has 2 nitrogen and oxygen atoms in total. The summed E-state index contributed by atoms with van der Waals surface area (Å²) < 4.78 is 0. The first-order valence-corrected chi connectivity index (χ1v) is 6.29. The Morgan fingerprint density at radius 2 is 1.88 bits per heavy atom. The van der Waals surface area contributed by atoms with Crippen molar-refractivity contribution in [1.82, 2.24) is 10.3 Å². The van der Waals surface area contributed by atoms with Crippen LogP contribution < -0.4 is 5.32 Å². The van der Waals surface area contributed by atoms with Crippen molar-refractivity contribution in [1.29, 1.82) is 0 Å². The molecule has 84 valence electrons. The van der Waals surface area contributed by atoms with E-state index < -0.39 is 0 Å². The molecule has 3 heteroatoms. The third kappa shape index (κ3) is 3.15. The van der Waals surface area contributed by atoms with E-state index in [0.717, 1.165) is 23.8 Å². The lowest BCUT2D eigenvalue weighted by molar-refractivity contribution is 0.681. The molecule has 0 fully saturated rings. The number of thiazole rings is 1. The molecule has 0 atom stereocenters. The van der Waals surface area contributed by atoms with E-state index in [9.17, 15) is 0 Å². The summed E-state index contributed by atoms with van der Waals surface area (Å²) in [6, 6.07) is 8.61. The van der Waals surface area contributed by atoms with Gasteiger partial charge in [-0.2, -0.15) is 0 Å². The van der Waals surface area contributed by atoms with Gasteiger partial charge in [0, 0.05) is 18.5 Å². The summed E-state index contributed by atoms with van der Waals surface area (Å²) in [5.74, 6) is 0. The molecule has 0 aliphatic rings. The summed E-state index contributed by atoms with van der Waals surface area (Å²) in [6.45, 7) is 5.89. The highest BCUT2D eigenvalue weighted by atomic mass is 32.1. The Morgan fingerprint density at radius 1 is 1.12 bits per heavy atom. The first-order valence-electron chi connectivity index (χ1n) is 5.41. The molecule has 1 aromatic heterocycles. The van der Waals surface area contributed by atoms with Crippen LogP contribution in [0.1, 0.15) is 21.8 Å². The molecule has 0 spiro atoms. The van der Waals surface area contributed by atoms with Gasteiger partial charge in [-0.25, -0.2) is 4.98 Å². The fraction of sp³-hybridized carbons (Fsp3) is 0.308. The lowest BCUT2D eigenvalue weighted by Gasteiger charge is -2.03. The van der Waals surface area contributed by atoms with Crippen LogP contribution in [0.2, 0.25) is 0 Å². The molecule has 0 aliphatic carbocycles. The number of aryl methyl sites for hydroxylation is 2. The maximum Gasteiger partial charge on any atom is 0.0897 e. The Bertz CT molecular complexity index is 445. The van der Waals surface area contributed by atoms with Gasteiger partial charge in [0.25, 0.3) is 0 Å². The van der Waals surface area contributed by atoms with Gasteiger partial charge in [0.1, 0.15) is 0 Å². The Kier molecular flexibility index (Phi) is 3.70. The first-order chi connectivity index (χ1) is 7.74. The van der Waals surface area contributed by atoms with Gasteiger partial charge in [0.2, 0.25) is 0 Å². The van der Waals surface area contributed by atoms with E-state index in [0.29, 0.717) is 0 Å². The van der Waals surface area contributed by atoms with Crippen molar-refractivity contribution < 1.29 is 0 Å². The molecule has 0 saturated heterocycles. The number of hydrogen-bond donors (Lipinski definition) is 1. The summed E-state index contributed by atoms with van der Waals surface area (Å²) in [4.78, 5) is 4.41. The van der Waals surface area contributed by atoms with E-state index in [4.69, 9.17) is 0 Å². The van der Waals surface area contributed by atoms with Crippen molar-refractivity contribution >= 4 is 11.3 Å². The zero-order valence-electron chi connectivity index (χ0n) is 9.66. The van der Waals surface area contributed by atoms with Crippen molar-refractivity contribution in [2.75, 3.05) is 0 Å². The molecule has 2 aromatic rings. The fourth-order valence-corrected chi connectivity index (χ4v) is 2.14. The molecule has 0 bridgehead atoms. The Hall–Kier alpha value is -1.19. The molecule has 16 heavy (non-hydrogen) atoms. The van der Waals surface area contributed by atoms with E-state index in [-0.39, 0.29) is 0 Å². The number of benzene rings is 1. The van der Waals surface area contributed by atoms with Crippen LogP contribution in [0.25, 0.3) is 0 Å². The van der Waals surface area contributed by atoms with Crippen molar-refractivity contribution in [3.05, 3.63) is 51.5 Å². The van der Waals surface area contributed by atoms with E-state index in [2.05, 4.69) is 46.9 Å². The molecular weight excluding hydrogens is 216 g/mol. The molecule has 2 rings (SSSR count). The maximum absolute atomic E-state index is 4.41. The molecule has 0 radical (unpaired) electrons. The average molecular weight is 232 g/mol. The van der Waals surface area contributed by atoms with Gasteiger partial charge in [-0.1, -0.05) is 29.8 Å². The molecule has 1 aromatic carbocycles. The number of aromatic nitrogens is 1. The van der Waals surface area contributed by atoms with Gasteiger partial charge in [0.05, 0.1) is 10.7 Å². The largest absolute Gasteiger partial charge is 0.307 e. The first kappa shape index (κ1) is 11.3. The smallest absolute Gasteiger partial charge is 0.0897 e. The van der Waals surface area contributed by atoms with Crippen LogP contribution in [0.4, 0.5) is 0 Å². The summed E-state index contributed by atoms with van der Waals surface area (Å²) in [7, 11) is 0. The molecular formula is C13H16N2S. The predicted octanol–water partition coefficient (Wildman–Crippen LogP) is 3.05. The second kappa shape index (κ2) is 5.23. The number of rotatable bonds is 4. The van der Waals surface area contributed by atoms with E-state index >= 15 is 0 Å². The van der Waals surface area contributed by atoms with E-state index in [1.54, 1.807) is 11.3 Å². The minimum atomic E-state index is 0.845. The Labute approximate surface area is 100 Å². The summed E-state index contributed by atoms with van der Waals surface area (Å²) >= 11 is 1.70. The van der Waals surface area contributed by atoms with Gasteiger partial charge in [-0.3, -0.25) is 0 Å². The SMILES string of the molecule is Cc1ccc(CNCc2csc(C)n2)cc1. The van der Waals surface area contributed by atoms with Gasteiger partial charge >= 0.3 is 0 Å². The zero-order valence-corrected chi connectivity index (χ0v) is 10.5. The number of hydrogen-bond acceptors (Lipinski definition) is 3. The van der Waals surface area contributed by atoms with E-state index in [1.165, 1.54) is 11.1 Å². The highest BCUT2D eigenvalue weighted by molar-refractivity contribution is 7.09. The second-order valence-corrected chi connectivity index (χ2v) is 5.01. The molecule has 0 aliphatic heterocycles. The Balaban J connectivity index is 1.82. The number of nitrogens with zero attached hydrogens (tertiary/aromatic N) is 1. The van der Waals surface area contributed by atoms with Crippen LogP contribution in [0.3, 0.4) is 0 Å². The predicted molar refractivity (Wildman–Crippen MR) is 68.6 cm³/mol. The lowest BCUT2D eigenvalue weighted by Crippen LogP contribution is -2.12. The van der Waals surface area contributed by atoms with Crippen molar-refractivity contribution in [3.63, 3.8) is 0 Å². The minimum Gasteiger partial charge on any atom is -0.307 e. The van der Waals surface area contributed by atoms with E-state index in [1.807, 2.05) is 6.92 Å². The van der Waals surface area contributed by atoms with Crippen LogP contribution in [-0.4, -0.2) is 4.98 Å². The third-order valence-corrected chi connectivity index (χ3v) is 3.24. The van der Waals surface area contributed by atoms with Gasteiger partial charge < -0.3 is 5.32 Å². The van der Waals surface area contributed by atoms with Crippen LogP contribution >= 0.6 is 11.3 Å². The van der Waals surface area contributed by atoms with Gasteiger partial charge in [-0.15, -0.1) is 11.3 Å². The standard InChI is InChI=1S/C13H16N2S/c1-10-3-5-12(6-4-10)7-14-8-13-9-16-11(2)15-13/h3-6,9,14H,7-8H2,1-2H3. The van der Waals surface area contributed by atoms with Crippen molar-refractivity contribution in [3.8, 4) is 0 Å². The fourth-order valence-electron chi connectivity index (χ4n) is 1.53. The molecule has 0 saturated carbocycles. The van der Waals surface area contributed by atoms with Crippen LogP contribution in [0.15, 0.2) is 29.6 Å². The molecule has 0 unspecified atom stereocenters. The number of nitrogens with one attached hydrogen (secondary N) is 1. The highest BCUT2D eigenvalue weighted by Crippen LogP contribution is 2.08. The maximum atomic E-state index is 4.41. The highest BCUT2D eigenvalue weighted by Gasteiger charge is 1.97. The second-order valence-electron chi connectivity index (χ2n) is 3.95. The average Bonchev–Trinajstić information content (AvgIpc) is 2.67. The summed E-state index contributed by atoms with van der Waals surface area (Å²) in [5.41, 5.74) is 3.76. The van der Waals surface area contributed by atoms with Crippen LogP contribution in [0.5, 0.6) is 0 Å². The van der Waals surface area contributed by atoms with Crippen molar-refractivity contribution in [2.45, 2.75) is 26.9 Å². The molecule has 1 heterocycles. The van der Waals surface area contributed by atoms with Crippen LogP contribution in [0, 0.1) is 13.8 Å². The van der Waals surface area contributed by atoms with Gasteiger partial charge in [0.15, 0.2) is 0 Å². The van der Waals surface area contributed by atoms with Gasteiger partial charge in [-0.05, 0) is 19.4 Å². The quantitative estimate of drug-likeness (QED) is 0.876. The van der Waals surface area contributed by atoms with Crippen LogP contribution in [-0.2, 0) is 13.1 Å². The molecule has 0 amide bonds. The summed E-state index contributed by atoms with van der Waals surface area (Å²) in [6.07, 6.45) is 0. The molecule has 1 N–H and O–H groups in total. The lowest BCUT2D eigenvalue weighted by atomic mass is 10.1. The Morgan fingerprint density at radius 3 is 2.50 bits per heavy atom. The topological polar surface area (TPSA) is 24.9 Å². The normalized spacial score (nSPS) is 10.6.